The zero-order valence-electron chi connectivity index (χ0n) is 10.0. The Labute approximate surface area is 108 Å². The van der Waals surface area contributed by atoms with Crippen molar-refractivity contribution in [1.82, 2.24) is 5.32 Å². The van der Waals surface area contributed by atoms with Crippen molar-refractivity contribution in [2.24, 2.45) is 0 Å². The fraction of sp³-hybridized carbons (Fsp3) is 0.417. The molecule has 0 spiro atoms. The first-order valence-electron chi connectivity index (χ1n) is 5.14. The molecule has 0 amide bonds. The summed E-state index contributed by atoms with van der Waals surface area (Å²) in [4.78, 5) is 11.4. The number of halogens is 2. The summed E-state index contributed by atoms with van der Waals surface area (Å²) >= 11 is 3.27. The minimum absolute atomic E-state index is 0.257. The highest BCUT2D eigenvalue weighted by Crippen LogP contribution is 2.16. The van der Waals surface area contributed by atoms with Crippen molar-refractivity contribution < 1.29 is 13.9 Å². The van der Waals surface area contributed by atoms with Gasteiger partial charge in [-0.15, -0.1) is 0 Å². The van der Waals surface area contributed by atoms with Gasteiger partial charge >= 0.3 is 5.97 Å². The lowest BCUT2D eigenvalue weighted by atomic mass is 10.1. The van der Waals surface area contributed by atoms with Crippen molar-refractivity contribution in [3.05, 3.63) is 34.1 Å². The highest BCUT2D eigenvalue weighted by Gasteiger charge is 2.27. The average molecular weight is 304 g/mol. The molecule has 1 aromatic rings. The van der Waals surface area contributed by atoms with Crippen LogP contribution in [0.4, 0.5) is 4.39 Å². The first-order valence-corrected chi connectivity index (χ1v) is 5.93. The lowest BCUT2D eigenvalue weighted by molar-refractivity contribution is -0.147. The first kappa shape index (κ1) is 14.1. The van der Waals surface area contributed by atoms with Gasteiger partial charge in [0.05, 0.1) is 7.11 Å². The maximum Gasteiger partial charge on any atom is 0.325 e. The normalized spacial score (nSPS) is 11.4. The van der Waals surface area contributed by atoms with Crippen LogP contribution in [-0.2, 0) is 16.1 Å². The van der Waals surface area contributed by atoms with Gasteiger partial charge < -0.3 is 4.74 Å². The summed E-state index contributed by atoms with van der Waals surface area (Å²) in [7, 11) is 1.32. The SMILES string of the molecule is COC(=O)C(C)(C)NCc1cc(Br)ccc1F. The molecule has 0 saturated heterocycles. The third kappa shape index (κ3) is 3.78. The van der Waals surface area contributed by atoms with Crippen LogP contribution >= 0.6 is 15.9 Å². The molecule has 17 heavy (non-hydrogen) atoms. The van der Waals surface area contributed by atoms with E-state index in [2.05, 4.69) is 26.0 Å². The molecule has 94 valence electrons. The smallest absolute Gasteiger partial charge is 0.325 e. The number of hydrogen-bond donors (Lipinski definition) is 1. The van der Waals surface area contributed by atoms with Crippen LogP contribution in [0.15, 0.2) is 22.7 Å². The molecule has 0 bridgehead atoms. The van der Waals surface area contributed by atoms with E-state index in [0.717, 1.165) is 4.47 Å². The fourth-order valence-corrected chi connectivity index (χ4v) is 1.73. The number of ether oxygens (including phenoxy) is 1. The second-order valence-electron chi connectivity index (χ2n) is 4.21. The molecule has 0 radical (unpaired) electrons. The molecule has 0 unspecified atom stereocenters. The second kappa shape index (κ2) is 5.60. The number of hydrogen-bond acceptors (Lipinski definition) is 3. The quantitative estimate of drug-likeness (QED) is 0.869. The molecule has 5 heteroatoms. The molecule has 0 heterocycles. The van der Waals surface area contributed by atoms with Crippen LogP contribution in [0.2, 0.25) is 0 Å². The van der Waals surface area contributed by atoms with E-state index in [1.165, 1.54) is 13.2 Å². The van der Waals surface area contributed by atoms with Crippen molar-refractivity contribution in [3.8, 4) is 0 Å². The van der Waals surface area contributed by atoms with E-state index in [1.807, 2.05) is 0 Å². The number of esters is 1. The fourth-order valence-electron chi connectivity index (χ4n) is 1.32. The van der Waals surface area contributed by atoms with Crippen molar-refractivity contribution >= 4 is 21.9 Å². The van der Waals surface area contributed by atoms with Crippen LogP contribution in [0.3, 0.4) is 0 Å². The topological polar surface area (TPSA) is 38.3 Å². The molecule has 1 N–H and O–H groups in total. The number of nitrogens with one attached hydrogen (secondary N) is 1. The lowest BCUT2D eigenvalue weighted by Crippen LogP contribution is -2.47. The largest absolute Gasteiger partial charge is 0.468 e. The van der Waals surface area contributed by atoms with Gasteiger partial charge in [0, 0.05) is 16.6 Å². The number of methoxy groups -OCH3 is 1. The number of carbonyl (C=O) groups excluding carboxylic acids is 1. The van der Waals surface area contributed by atoms with Gasteiger partial charge in [-0.05, 0) is 32.0 Å². The molecule has 1 aromatic carbocycles. The van der Waals surface area contributed by atoms with Gasteiger partial charge in [-0.2, -0.15) is 0 Å². The monoisotopic (exact) mass is 303 g/mol. The molecule has 0 aliphatic rings. The summed E-state index contributed by atoms with van der Waals surface area (Å²) in [6.45, 7) is 3.64. The summed E-state index contributed by atoms with van der Waals surface area (Å²) in [6, 6.07) is 4.69. The average Bonchev–Trinajstić information content (AvgIpc) is 2.29. The Morgan fingerprint density at radius 2 is 2.18 bits per heavy atom. The number of carbonyl (C=O) groups is 1. The van der Waals surface area contributed by atoms with E-state index in [9.17, 15) is 9.18 Å². The Kier molecular flexibility index (Phi) is 4.65. The van der Waals surface area contributed by atoms with Gasteiger partial charge in [-0.25, -0.2) is 4.39 Å². The van der Waals surface area contributed by atoms with Crippen LogP contribution in [-0.4, -0.2) is 18.6 Å². The standard InChI is InChI=1S/C12H15BrFNO2/c1-12(2,11(16)17-3)15-7-8-6-9(13)4-5-10(8)14/h4-6,15H,7H2,1-3H3. The minimum atomic E-state index is -0.844. The molecule has 0 atom stereocenters. The zero-order chi connectivity index (χ0) is 13.1. The Balaban J connectivity index is 2.73. The van der Waals surface area contributed by atoms with Gasteiger partial charge in [-0.3, -0.25) is 10.1 Å². The highest BCUT2D eigenvalue weighted by atomic mass is 79.9. The van der Waals surface area contributed by atoms with E-state index >= 15 is 0 Å². The van der Waals surface area contributed by atoms with Crippen LogP contribution in [0.25, 0.3) is 0 Å². The van der Waals surface area contributed by atoms with Gasteiger partial charge in [0.1, 0.15) is 11.4 Å². The molecule has 0 fully saturated rings. The van der Waals surface area contributed by atoms with Gasteiger partial charge in [0.15, 0.2) is 0 Å². The maximum atomic E-state index is 13.5. The van der Waals surface area contributed by atoms with Crippen molar-refractivity contribution in [2.45, 2.75) is 25.9 Å². The van der Waals surface area contributed by atoms with Gasteiger partial charge in [0.25, 0.3) is 0 Å². The molecule has 0 aliphatic carbocycles. The van der Waals surface area contributed by atoms with Crippen LogP contribution in [0, 0.1) is 5.82 Å². The van der Waals surface area contributed by atoms with Gasteiger partial charge in [-0.1, -0.05) is 15.9 Å². The zero-order valence-corrected chi connectivity index (χ0v) is 11.6. The van der Waals surface area contributed by atoms with Crippen molar-refractivity contribution in [1.29, 1.82) is 0 Å². The summed E-state index contributed by atoms with van der Waals surface area (Å²) in [5.74, 6) is -0.686. The first-order chi connectivity index (χ1) is 7.86. The molecule has 0 saturated carbocycles. The summed E-state index contributed by atoms with van der Waals surface area (Å²) in [6.07, 6.45) is 0. The number of rotatable bonds is 4. The predicted octanol–water partition coefficient (Wildman–Crippen LogP) is 2.63. The minimum Gasteiger partial charge on any atom is -0.468 e. The summed E-state index contributed by atoms with van der Waals surface area (Å²) in [5, 5.41) is 2.96. The second-order valence-corrected chi connectivity index (χ2v) is 5.12. The third-order valence-electron chi connectivity index (χ3n) is 2.42. The Morgan fingerprint density at radius 3 is 2.76 bits per heavy atom. The Bertz CT molecular complexity index is 421. The molecular weight excluding hydrogens is 289 g/mol. The van der Waals surface area contributed by atoms with Crippen LogP contribution in [0.1, 0.15) is 19.4 Å². The van der Waals surface area contributed by atoms with E-state index in [-0.39, 0.29) is 18.3 Å². The predicted molar refractivity (Wildman–Crippen MR) is 67.0 cm³/mol. The maximum absolute atomic E-state index is 13.5. The summed E-state index contributed by atoms with van der Waals surface area (Å²) < 4.78 is 18.9. The molecule has 0 aromatic heterocycles. The van der Waals surface area contributed by atoms with Crippen LogP contribution < -0.4 is 5.32 Å². The molecule has 1 rings (SSSR count). The van der Waals surface area contributed by atoms with E-state index in [0.29, 0.717) is 5.56 Å². The highest BCUT2D eigenvalue weighted by molar-refractivity contribution is 9.10. The molecule has 0 aliphatic heterocycles. The third-order valence-corrected chi connectivity index (χ3v) is 2.92. The number of benzene rings is 1. The van der Waals surface area contributed by atoms with Crippen molar-refractivity contribution in [2.75, 3.05) is 7.11 Å². The summed E-state index contributed by atoms with van der Waals surface area (Å²) in [5.41, 5.74) is -0.347. The molecule has 3 nitrogen and oxygen atoms in total. The van der Waals surface area contributed by atoms with Crippen LogP contribution in [0.5, 0.6) is 0 Å². The van der Waals surface area contributed by atoms with E-state index in [4.69, 9.17) is 0 Å². The molecular formula is C12H15BrFNO2. The van der Waals surface area contributed by atoms with Crippen molar-refractivity contribution in [3.63, 3.8) is 0 Å². The Hall–Kier alpha value is -0.940. The van der Waals surface area contributed by atoms with E-state index in [1.54, 1.807) is 26.0 Å². The van der Waals surface area contributed by atoms with Gasteiger partial charge in [0.2, 0.25) is 0 Å². The lowest BCUT2D eigenvalue weighted by Gasteiger charge is -2.23. The van der Waals surface area contributed by atoms with E-state index < -0.39 is 5.54 Å². The Morgan fingerprint density at radius 1 is 1.53 bits per heavy atom.